The van der Waals surface area contributed by atoms with Gasteiger partial charge in [0.15, 0.2) is 0 Å². The van der Waals surface area contributed by atoms with Gasteiger partial charge in [0.1, 0.15) is 6.04 Å². The summed E-state index contributed by atoms with van der Waals surface area (Å²) in [5, 5.41) is 16.0. The van der Waals surface area contributed by atoms with Gasteiger partial charge in [-0.25, -0.2) is 4.79 Å². The number of ether oxygens (including phenoxy) is 1. The molecule has 1 heterocycles. The van der Waals surface area contributed by atoms with Crippen LogP contribution in [0.3, 0.4) is 0 Å². The Bertz CT molecular complexity index is 1140. The van der Waals surface area contributed by atoms with Crippen molar-refractivity contribution in [2.45, 2.75) is 83.3 Å². The summed E-state index contributed by atoms with van der Waals surface area (Å²) in [6, 6.07) is 16.7. The van der Waals surface area contributed by atoms with Gasteiger partial charge in [-0.2, -0.15) is 0 Å². The molecule has 4 rings (SSSR count). The first kappa shape index (κ1) is 30.6. The Hall–Kier alpha value is -3.39. The molecular weight excluding hydrogens is 518 g/mol. The van der Waals surface area contributed by atoms with Crippen molar-refractivity contribution >= 4 is 17.9 Å². The fraction of sp³-hybridized carbons (Fsp3) is 0.545. The number of amides is 3. The fourth-order valence-electron chi connectivity index (χ4n) is 5.95. The van der Waals surface area contributed by atoms with E-state index in [4.69, 9.17) is 4.74 Å². The van der Waals surface area contributed by atoms with Gasteiger partial charge in [-0.15, -0.1) is 0 Å². The molecule has 222 valence electrons. The van der Waals surface area contributed by atoms with Gasteiger partial charge in [-0.3, -0.25) is 14.5 Å². The minimum absolute atomic E-state index is 0.0277. The Morgan fingerprint density at radius 2 is 1.71 bits per heavy atom. The maximum Gasteiger partial charge on any atom is 0.410 e. The largest absolute Gasteiger partial charge is 0.449 e. The van der Waals surface area contributed by atoms with Gasteiger partial charge >= 0.3 is 6.09 Å². The molecular formula is C33H45N3O5. The van der Waals surface area contributed by atoms with Crippen molar-refractivity contribution in [2.75, 3.05) is 19.8 Å². The van der Waals surface area contributed by atoms with E-state index in [1.54, 1.807) is 4.90 Å². The van der Waals surface area contributed by atoms with E-state index in [0.29, 0.717) is 19.6 Å². The molecule has 2 fully saturated rings. The molecule has 4 atom stereocenters. The zero-order chi connectivity index (χ0) is 29.2. The third-order valence-electron chi connectivity index (χ3n) is 8.22. The maximum atomic E-state index is 13.4. The Kier molecular flexibility index (Phi) is 11.2. The van der Waals surface area contributed by atoms with Crippen LogP contribution in [-0.2, 0) is 20.9 Å². The first-order valence-electron chi connectivity index (χ1n) is 15.1. The quantitative estimate of drug-likeness (QED) is 0.374. The molecule has 4 unspecified atom stereocenters. The summed E-state index contributed by atoms with van der Waals surface area (Å²) in [7, 11) is 0. The van der Waals surface area contributed by atoms with E-state index in [1.165, 1.54) is 0 Å². The highest BCUT2D eigenvalue weighted by molar-refractivity contribution is 5.86. The van der Waals surface area contributed by atoms with E-state index < -0.39 is 18.2 Å². The lowest BCUT2D eigenvalue weighted by molar-refractivity contribution is -0.128. The predicted molar refractivity (Wildman–Crippen MR) is 158 cm³/mol. The Labute approximate surface area is 243 Å². The molecule has 2 aromatic carbocycles. The van der Waals surface area contributed by atoms with E-state index in [1.807, 2.05) is 56.3 Å². The van der Waals surface area contributed by atoms with Crippen LogP contribution in [0, 0.1) is 11.8 Å². The SMILES string of the molecule is CC(C)COC(=O)N(Cc1ccc(C2CCCCC2C(=O)NC(CO)c2ccccc2)cc1)C1CCCCNC1=O. The van der Waals surface area contributed by atoms with Crippen LogP contribution in [-0.4, -0.2) is 53.7 Å². The average Bonchev–Trinajstić information content (AvgIpc) is 3.22. The fourth-order valence-corrected chi connectivity index (χ4v) is 5.95. The molecule has 1 saturated heterocycles. The van der Waals surface area contributed by atoms with E-state index in [9.17, 15) is 19.5 Å². The number of benzene rings is 2. The standard InChI is InChI=1S/C33H45N3O5/c1-23(2)22-41-33(40)36(30-14-8-9-19-34-32(30)39)20-24-15-17-25(18-16-24)27-12-6-7-13-28(27)31(38)35-29(21-37)26-10-4-3-5-11-26/h3-5,10-11,15-18,23,27-30,37H,6-9,12-14,19-22H2,1-2H3,(H,34,39)(H,35,38). The highest BCUT2D eigenvalue weighted by atomic mass is 16.6. The molecule has 2 aromatic rings. The lowest BCUT2D eigenvalue weighted by Gasteiger charge is -2.32. The third-order valence-corrected chi connectivity index (χ3v) is 8.22. The molecule has 8 nitrogen and oxygen atoms in total. The Morgan fingerprint density at radius 3 is 2.41 bits per heavy atom. The maximum absolute atomic E-state index is 13.4. The normalized spacial score (nSPS) is 21.9. The number of nitrogens with one attached hydrogen (secondary N) is 2. The number of nitrogens with zero attached hydrogens (tertiary/aromatic N) is 1. The highest BCUT2D eigenvalue weighted by Crippen LogP contribution is 2.38. The van der Waals surface area contributed by atoms with Crippen molar-refractivity contribution < 1.29 is 24.2 Å². The van der Waals surface area contributed by atoms with Crippen LogP contribution in [0.4, 0.5) is 4.79 Å². The number of carbonyl (C=O) groups is 3. The average molecular weight is 564 g/mol. The van der Waals surface area contributed by atoms with Crippen molar-refractivity contribution in [1.29, 1.82) is 0 Å². The molecule has 8 heteroatoms. The Morgan fingerprint density at radius 1 is 1.00 bits per heavy atom. The summed E-state index contributed by atoms with van der Waals surface area (Å²) in [5.74, 6) is -0.0604. The van der Waals surface area contributed by atoms with Gasteiger partial charge in [0.05, 0.1) is 19.3 Å². The lowest BCUT2D eigenvalue weighted by atomic mass is 9.74. The predicted octanol–water partition coefficient (Wildman–Crippen LogP) is 5.07. The Balaban J connectivity index is 1.47. The minimum atomic E-state index is -0.563. The van der Waals surface area contributed by atoms with Crippen LogP contribution >= 0.6 is 0 Å². The number of rotatable bonds is 10. The van der Waals surface area contributed by atoms with Crippen molar-refractivity contribution in [3.05, 3.63) is 71.3 Å². The smallest absolute Gasteiger partial charge is 0.410 e. The molecule has 1 aliphatic carbocycles. The van der Waals surface area contributed by atoms with Crippen LogP contribution in [0.25, 0.3) is 0 Å². The summed E-state index contributed by atoms with van der Waals surface area (Å²) < 4.78 is 5.56. The molecule has 3 N–H and O–H groups in total. The van der Waals surface area contributed by atoms with Gasteiger partial charge in [0, 0.05) is 19.0 Å². The molecule has 1 saturated carbocycles. The second-order valence-electron chi connectivity index (χ2n) is 11.8. The highest BCUT2D eigenvalue weighted by Gasteiger charge is 2.34. The lowest BCUT2D eigenvalue weighted by Crippen LogP contribution is -2.48. The third kappa shape index (κ3) is 8.32. The number of carbonyl (C=O) groups excluding carboxylic acids is 3. The zero-order valence-electron chi connectivity index (χ0n) is 24.4. The number of aliphatic hydroxyl groups is 1. The van der Waals surface area contributed by atoms with Gasteiger partial charge in [-0.05, 0) is 60.6 Å². The zero-order valence-corrected chi connectivity index (χ0v) is 24.4. The molecule has 3 amide bonds. The number of aliphatic hydroxyl groups excluding tert-OH is 1. The van der Waals surface area contributed by atoms with Crippen LogP contribution in [0.15, 0.2) is 54.6 Å². The molecule has 1 aliphatic heterocycles. The van der Waals surface area contributed by atoms with E-state index in [2.05, 4.69) is 22.8 Å². The van der Waals surface area contributed by atoms with Crippen molar-refractivity contribution in [1.82, 2.24) is 15.5 Å². The molecule has 0 spiro atoms. The van der Waals surface area contributed by atoms with Crippen LogP contribution in [0.5, 0.6) is 0 Å². The second kappa shape index (κ2) is 15.0. The summed E-state index contributed by atoms with van der Waals surface area (Å²) in [6.45, 7) is 5.02. The molecule has 41 heavy (non-hydrogen) atoms. The van der Waals surface area contributed by atoms with Crippen LogP contribution in [0.1, 0.15) is 87.4 Å². The first-order valence-corrected chi connectivity index (χ1v) is 15.1. The molecule has 0 radical (unpaired) electrons. The first-order chi connectivity index (χ1) is 19.9. The molecule has 2 aliphatic rings. The van der Waals surface area contributed by atoms with Gasteiger partial charge in [0.25, 0.3) is 0 Å². The summed E-state index contributed by atoms with van der Waals surface area (Å²) in [4.78, 5) is 40.9. The number of hydrogen-bond acceptors (Lipinski definition) is 5. The van der Waals surface area contributed by atoms with E-state index >= 15 is 0 Å². The van der Waals surface area contributed by atoms with Gasteiger partial charge in [-0.1, -0.05) is 81.3 Å². The van der Waals surface area contributed by atoms with Crippen LogP contribution in [0.2, 0.25) is 0 Å². The summed E-state index contributed by atoms with van der Waals surface area (Å²) in [5.41, 5.74) is 2.89. The summed E-state index contributed by atoms with van der Waals surface area (Å²) in [6.07, 6.45) is 5.68. The summed E-state index contributed by atoms with van der Waals surface area (Å²) >= 11 is 0. The van der Waals surface area contributed by atoms with Crippen molar-refractivity contribution in [3.63, 3.8) is 0 Å². The van der Waals surface area contributed by atoms with Gasteiger partial charge in [0.2, 0.25) is 11.8 Å². The molecule has 0 bridgehead atoms. The van der Waals surface area contributed by atoms with Crippen molar-refractivity contribution in [3.8, 4) is 0 Å². The minimum Gasteiger partial charge on any atom is -0.449 e. The molecule has 0 aromatic heterocycles. The second-order valence-corrected chi connectivity index (χ2v) is 11.8. The van der Waals surface area contributed by atoms with Crippen molar-refractivity contribution in [2.24, 2.45) is 11.8 Å². The van der Waals surface area contributed by atoms with E-state index in [0.717, 1.165) is 55.2 Å². The van der Waals surface area contributed by atoms with E-state index in [-0.39, 0.29) is 42.7 Å². The van der Waals surface area contributed by atoms with Crippen LogP contribution < -0.4 is 10.6 Å². The monoisotopic (exact) mass is 563 g/mol. The van der Waals surface area contributed by atoms with Gasteiger partial charge < -0.3 is 20.5 Å². The number of hydrogen-bond donors (Lipinski definition) is 3. The topological polar surface area (TPSA) is 108 Å².